The van der Waals surface area contributed by atoms with Gasteiger partial charge in [-0.2, -0.15) is 4.83 Å². The Hall–Kier alpha value is -0.320. The molecule has 1 aliphatic heterocycles. The van der Waals surface area contributed by atoms with Gasteiger partial charge in [-0.25, -0.2) is 0 Å². The molecule has 0 fully saturated rings. The van der Waals surface area contributed by atoms with E-state index in [2.05, 4.69) is 72.7 Å². The topological polar surface area (TPSA) is 59.4 Å². The van der Waals surface area contributed by atoms with Crippen LogP contribution in [0.1, 0.15) is 33.4 Å². The van der Waals surface area contributed by atoms with Crippen molar-refractivity contribution in [2.45, 2.75) is 39.3 Å². The van der Waals surface area contributed by atoms with Gasteiger partial charge in [0.2, 0.25) is 0 Å². The second-order valence-corrected chi connectivity index (χ2v) is 13.1. The Morgan fingerprint density at radius 3 is 1.94 bits per heavy atom. The van der Waals surface area contributed by atoms with E-state index >= 15 is 0 Å². The molecule has 6 unspecified atom stereocenters. The number of phenols is 2. The minimum atomic E-state index is 0.268. The Balaban J connectivity index is 1.48. The Kier molecular flexibility index (Phi) is 10.1. The summed E-state index contributed by atoms with van der Waals surface area (Å²) in [6, 6.07) is 13.9. The highest BCUT2D eigenvalue weighted by Crippen LogP contribution is 2.31. The molecule has 3 aromatic carbocycles. The largest absolute Gasteiger partial charge is 0.508 e. The third-order valence-electron chi connectivity index (χ3n) is 6.05. The van der Waals surface area contributed by atoms with Gasteiger partial charge in [-0.3, -0.25) is 14.2 Å². The van der Waals surface area contributed by atoms with Crippen molar-refractivity contribution in [2.75, 3.05) is 0 Å². The van der Waals surface area contributed by atoms with Gasteiger partial charge >= 0.3 is 0 Å². The predicted molar refractivity (Wildman–Crippen MR) is 169 cm³/mol. The van der Waals surface area contributed by atoms with Crippen LogP contribution in [-0.4, -0.2) is 24.4 Å². The number of benzene rings is 3. The molecule has 2 N–H and O–H groups in total. The van der Waals surface area contributed by atoms with Gasteiger partial charge in [-0.15, -0.1) is 27.7 Å². The van der Waals surface area contributed by atoms with E-state index in [1.807, 2.05) is 28.9 Å². The lowest BCUT2D eigenvalue weighted by atomic mass is 10.0. The van der Waals surface area contributed by atoms with Gasteiger partial charge in [-0.05, 0) is 66.3 Å². The molecule has 6 atom stereocenters. The van der Waals surface area contributed by atoms with Crippen molar-refractivity contribution < 1.29 is 15.1 Å². The molecule has 1 aliphatic rings. The lowest BCUT2D eigenvalue weighted by molar-refractivity contribution is -0.107. The van der Waals surface area contributed by atoms with Crippen LogP contribution < -0.4 is 15.9 Å². The van der Waals surface area contributed by atoms with E-state index in [0.717, 1.165) is 39.1 Å². The van der Waals surface area contributed by atoms with Crippen molar-refractivity contribution in [1.82, 2.24) is 14.2 Å². The van der Waals surface area contributed by atoms with E-state index in [9.17, 15) is 10.2 Å². The molecular weight excluding hydrogens is 564 g/mol. The number of hydroxylamine groups is 1. The maximum Gasteiger partial charge on any atom is 0.124 e. The lowest BCUT2D eigenvalue weighted by Crippen LogP contribution is -2.24. The predicted octanol–water partition coefficient (Wildman–Crippen LogP) is 3.22. The second-order valence-electron chi connectivity index (χ2n) is 9.05. The molecular formula is C24H33N3O3P6. The van der Waals surface area contributed by atoms with Crippen LogP contribution in [0.5, 0.6) is 11.5 Å². The van der Waals surface area contributed by atoms with Crippen LogP contribution in [0.2, 0.25) is 0 Å². The van der Waals surface area contributed by atoms with Gasteiger partial charge in [0.15, 0.2) is 0 Å². The molecule has 0 spiro atoms. The maximum atomic E-state index is 11.1. The van der Waals surface area contributed by atoms with Crippen molar-refractivity contribution in [3.05, 3.63) is 75.8 Å². The summed E-state index contributed by atoms with van der Waals surface area (Å²) in [5, 5.41) is 24.5. The van der Waals surface area contributed by atoms with Gasteiger partial charge in [0, 0.05) is 42.9 Å². The summed E-state index contributed by atoms with van der Waals surface area (Å²) >= 11 is 0. The molecule has 6 nitrogen and oxygen atoms in total. The van der Waals surface area contributed by atoms with Crippen LogP contribution >= 0.6 is 55.9 Å². The molecule has 0 aliphatic carbocycles. The zero-order valence-electron chi connectivity index (χ0n) is 19.9. The summed E-state index contributed by atoms with van der Waals surface area (Å²) in [5.41, 5.74) is 6.26. The van der Waals surface area contributed by atoms with Gasteiger partial charge in [0.1, 0.15) is 11.5 Å². The van der Waals surface area contributed by atoms with Crippen LogP contribution in [0, 0.1) is 0 Å². The molecule has 0 bridgehead atoms. The fourth-order valence-corrected chi connectivity index (χ4v) is 6.56. The molecule has 0 radical (unpaired) electrons. The number of phenolic OH excluding ortho intramolecular Hbond substituents is 2. The standard InChI is InChI=1S/C24H33N3O3P6/c28-23-2-1-19(31)5-16(23)9-26(35)11-18-7-21(33)6-17(24(18)29)10-25(34)8-14-3-20(32)4-15-12-27(36)30-13-22(14)15/h1-7,28-29H,8-13,31-36H2. The number of aromatic hydroxyl groups is 2. The minimum absolute atomic E-state index is 0.268. The monoisotopic (exact) mass is 597 g/mol. The summed E-state index contributed by atoms with van der Waals surface area (Å²) < 4.78 is 4.14. The van der Waals surface area contributed by atoms with Gasteiger partial charge < -0.3 is 10.2 Å². The van der Waals surface area contributed by atoms with Crippen molar-refractivity contribution >= 4 is 71.8 Å². The molecule has 1 heterocycles. The van der Waals surface area contributed by atoms with E-state index in [1.165, 1.54) is 16.7 Å². The summed E-state index contributed by atoms with van der Waals surface area (Å²) in [6.45, 7) is 3.63. The average molecular weight is 597 g/mol. The third kappa shape index (κ3) is 7.41. The first-order chi connectivity index (χ1) is 17.1. The number of hydrogen-bond acceptors (Lipinski definition) is 6. The molecule has 0 saturated heterocycles. The van der Waals surface area contributed by atoms with Crippen molar-refractivity contribution in [3.63, 3.8) is 0 Å². The van der Waals surface area contributed by atoms with E-state index in [4.69, 9.17) is 4.84 Å². The van der Waals surface area contributed by atoms with Crippen LogP contribution in [0.25, 0.3) is 0 Å². The molecule has 0 amide bonds. The van der Waals surface area contributed by atoms with Crippen LogP contribution in [-0.2, 0) is 44.2 Å². The normalized spacial score (nSPS) is 14.0. The molecule has 0 saturated carbocycles. The number of rotatable bonds is 8. The van der Waals surface area contributed by atoms with E-state index in [1.54, 1.807) is 10.9 Å². The van der Waals surface area contributed by atoms with E-state index in [-0.39, 0.29) is 5.75 Å². The highest BCUT2D eigenvalue weighted by molar-refractivity contribution is 7.27. The molecule has 3 aromatic rings. The van der Waals surface area contributed by atoms with Crippen molar-refractivity contribution in [1.29, 1.82) is 0 Å². The van der Waals surface area contributed by atoms with Gasteiger partial charge in [0.05, 0.1) is 13.2 Å². The molecule has 4 rings (SSSR count). The fourth-order valence-electron chi connectivity index (χ4n) is 4.40. The summed E-state index contributed by atoms with van der Waals surface area (Å²) in [6.07, 6.45) is 0. The first-order valence-corrected chi connectivity index (χ1v) is 14.6. The average Bonchev–Trinajstić information content (AvgIpc) is 2.78. The number of fused-ring (bicyclic) bond motifs is 1. The van der Waals surface area contributed by atoms with Gasteiger partial charge in [-0.1, -0.05) is 37.0 Å². The molecule has 0 aromatic heterocycles. The van der Waals surface area contributed by atoms with Crippen LogP contribution in [0.15, 0.2) is 42.5 Å². The van der Waals surface area contributed by atoms with Crippen molar-refractivity contribution in [2.24, 2.45) is 0 Å². The Labute approximate surface area is 227 Å². The summed E-state index contributed by atoms with van der Waals surface area (Å²) in [7, 11) is 16.3. The maximum absolute atomic E-state index is 11.1. The van der Waals surface area contributed by atoms with Crippen LogP contribution in [0.4, 0.5) is 0 Å². The Bertz CT molecular complexity index is 1260. The summed E-state index contributed by atoms with van der Waals surface area (Å²) in [4.78, 5) is 7.51. The van der Waals surface area contributed by atoms with Crippen molar-refractivity contribution in [3.8, 4) is 11.5 Å². The SMILES string of the molecule is Oc1ccc(P)cc1CN(P)Cc1cc(P)cc(CN(P)Cc2cc(P)cc3c2CON(P)C3)c1O. The second kappa shape index (κ2) is 12.7. The van der Waals surface area contributed by atoms with E-state index < -0.39 is 0 Å². The number of nitrogens with zero attached hydrogens (tertiary/aromatic N) is 3. The lowest BCUT2D eigenvalue weighted by Gasteiger charge is -2.28. The minimum Gasteiger partial charge on any atom is -0.508 e. The molecule has 12 heteroatoms. The van der Waals surface area contributed by atoms with Gasteiger partial charge in [0.25, 0.3) is 0 Å². The van der Waals surface area contributed by atoms with Crippen LogP contribution in [0.3, 0.4) is 0 Å². The Morgan fingerprint density at radius 1 is 0.750 bits per heavy atom. The first-order valence-electron chi connectivity index (χ1n) is 11.3. The smallest absolute Gasteiger partial charge is 0.124 e. The number of hydrogen-bond donors (Lipinski definition) is 2. The summed E-state index contributed by atoms with van der Waals surface area (Å²) in [5.74, 6) is 0.568. The molecule has 192 valence electrons. The fraction of sp³-hybridized carbons (Fsp3) is 0.250. The highest BCUT2D eigenvalue weighted by Gasteiger charge is 2.20. The quantitative estimate of drug-likeness (QED) is 0.390. The first kappa shape index (κ1) is 28.7. The Morgan fingerprint density at radius 2 is 1.28 bits per heavy atom. The molecule has 36 heavy (non-hydrogen) atoms. The zero-order valence-corrected chi connectivity index (χ0v) is 26.8. The van der Waals surface area contributed by atoms with E-state index in [0.29, 0.717) is 38.5 Å². The third-order valence-corrected chi connectivity index (χ3v) is 8.13. The zero-order chi connectivity index (χ0) is 26.0. The highest BCUT2D eigenvalue weighted by atomic mass is 31.0.